The highest BCUT2D eigenvalue weighted by atomic mass is 16.5. The predicted molar refractivity (Wildman–Crippen MR) is 68.5 cm³/mol. The second-order valence-electron chi connectivity index (χ2n) is 4.55. The van der Waals surface area contributed by atoms with E-state index in [2.05, 4.69) is 0 Å². The summed E-state index contributed by atoms with van der Waals surface area (Å²) in [5.74, 6) is -1.55. The van der Waals surface area contributed by atoms with E-state index >= 15 is 0 Å². The van der Waals surface area contributed by atoms with Crippen molar-refractivity contribution in [2.45, 2.75) is 32.2 Å². The van der Waals surface area contributed by atoms with Crippen molar-refractivity contribution < 1.29 is 35.1 Å². The van der Waals surface area contributed by atoms with Gasteiger partial charge in [-0.3, -0.25) is 0 Å². The Bertz CT molecular complexity index is 461. The number of rotatable bonds is 5. The second kappa shape index (κ2) is 6.56. The minimum Gasteiger partial charge on any atom is -0.508 e. The lowest BCUT2D eigenvalue weighted by atomic mass is 10.1. The van der Waals surface area contributed by atoms with Gasteiger partial charge in [-0.15, -0.1) is 0 Å². The number of hydrogen-bond donors (Lipinski definition) is 5. The highest BCUT2D eigenvalue weighted by molar-refractivity contribution is 5.94. The molecule has 0 unspecified atom stereocenters. The number of aromatic hydroxyl groups is 2. The third-order valence-electron chi connectivity index (χ3n) is 2.78. The van der Waals surface area contributed by atoms with Crippen LogP contribution in [0.4, 0.5) is 0 Å². The van der Waals surface area contributed by atoms with E-state index < -0.39 is 36.6 Å². The molecule has 0 aliphatic rings. The Hall–Kier alpha value is -1.83. The Kier molecular flexibility index (Phi) is 5.32. The van der Waals surface area contributed by atoms with Crippen LogP contribution in [0.15, 0.2) is 12.1 Å². The number of phenolic OH excluding ortho intramolecular Hbond substituents is 2. The molecular formula is C13H18O7. The topological polar surface area (TPSA) is 127 Å². The van der Waals surface area contributed by atoms with Crippen molar-refractivity contribution in [2.24, 2.45) is 0 Å². The number of hydrogen-bond acceptors (Lipinski definition) is 7. The van der Waals surface area contributed by atoms with Gasteiger partial charge in [0.05, 0.1) is 6.10 Å². The van der Waals surface area contributed by atoms with Crippen LogP contribution in [0.3, 0.4) is 0 Å². The largest absolute Gasteiger partial charge is 0.508 e. The summed E-state index contributed by atoms with van der Waals surface area (Å²) in [5.41, 5.74) is 0.166. The van der Waals surface area contributed by atoms with E-state index in [1.54, 1.807) is 0 Å². The van der Waals surface area contributed by atoms with E-state index in [-0.39, 0.29) is 11.3 Å². The van der Waals surface area contributed by atoms with Crippen molar-refractivity contribution in [1.29, 1.82) is 0 Å². The molecule has 3 atom stereocenters. The number of aliphatic hydroxyl groups is 3. The van der Waals surface area contributed by atoms with Gasteiger partial charge in [-0.1, -0.05) is 0 Å². The maximum Gasteiger partial charge on any atom is 0.342 e. The molecule has 5 N–H and O–H groups in total. The number of esters is 1. The van der Waals surface area contributed by atoms with Crippen molar-refractivity contribution in [3.05, 3.63) is 23.3 Å². The summed E-state index contributed by atoms with van der Waals surface area (Å²) in [6.07, 6.45) is -4.07. The maximum atomic E-state index is 11.8. The molecule has 112 valence electrons. The van der Waals surface area contributed by atoms with Crippen LogP contribution in [0.2, 0.25) is 0 Å². The molecule has 1 rings (SSSR count). The lowest BCUT2D eigenvalue weighted by Crippen LogP contribution is -2.39. The number of phenols is 2. The molecular weight excluding hydrogens is 268 g/mol. The van der Waals surface area contributed by atoms with Crippen molar-refractivity contribution in [3.8, 4) is 11.5 Å². The van der Waals surface area contributed by atoms with Crippen LogP contribution in [0.25, 0.3) is 0 Å². The first kappa shape index (κ1) is 16.2. The van der Waals surface area contributed by atoms with Gasteiger partial charge in [0.1, 0.15) is 35.9 Å². The van der Waals surface area contributed by atoms with Crippen LogP contribution in [-0.2, 0) is 4.74 Å². The lowest BCUT2D eigenvalue weighted by molar-refractivity contribution is -0.0740. The first-order chi connectivity index (χ1) is 9.23. The zero-order valence-electron chi connectivity index (χ0n) is 11.1. The third-order valence-corrected chi connectivity index (χ3v) is 2.78. The number of aliphatic hydroxyl groups excluding tert-OH is 3. The van der Waals surface area contributed by atoms with Crippen LogP contribution in [-0.4, -0.2) is 56.4 Å². The Morgan fingerprint density at radius 1 is 1.25 bits per heavy atom. The van der Waals surface area contributed by atoms with E-state index in [4.69, 9.17) is 9.84 Å². The van der Waals surface area contributed by atoms with Crippen LogP contribution >= 0.6 is 0 Å². The van der Waals surface area contributed by atoms with E-state index in [0.29, 0.717) is 5.56 Å². The van der Waals surface area contributed by atoms with Gasteiger partial charge < -0.3 is 30.3 Å². The lowest BCUT2D eigenvalue weighted by Gasteiger charge is -2.20. The molecule has 0 amide bonds. The minimum absolute atomic E-state index is 0.137. The Balaban J connectivity index is 2.73. The van der Waals surface area contributed by atoms with Crippen LogP contribution in [0.5, 0.6) is 11.5 Å². The van der Waals surface area contributed by atoms with Crippen molar-refractivity contribution in [1.82, 2.24) is 0 Å². The Morgan fingerprint density at radius 2 is 1.85 bits per heavy atom. The fourth-order valence-corrected chi connectivity index (χ4v) is 1.67. The summed E-state index contributed by atoms with van der Waals surface area (Å²) >= 11 is 0. The average Bonchev–Trinajstić information content (AvgIpc) is 2.33. The van der Waals surface area contributed by atoms with Crippen molar-refractivity contribution >= 4 is 5.97 Å². The first-order valence-corrected chi connectivity index (χ1v) is 5.98. The number of benzene rings is 1. The summed E-state index contributed by atoms with van der Waals surface area (Å²) in [7, 11) is 0. The molecule has 0 aliphatic heterocycles. The molecule has 0 aliphatic carbocycles. The molecule has 0 spiro atoms. The van der Waals surface area contributed by atoms with E-state index in [1.807, 2.05) is 0 Å². The standard InChI is InChI=1S/C13H18O7/c1-6-3-8(15)4-9(16)11(6)13(19)20-5-10(17)12(18)7(2)14/h3-4,7,10,12,14-18H,5H2,1-2H3/t7-,10-,12-/m0/s1. The molecule has 0 saturated carbocycles. The molecule has 0 bridgehead atoms. The summed E-state index contributed by atoms with van der Waals surface area (Å²) in [6, 6.07) is 2.27. The van der Waals surface area contributed by atoms with Crippen LogP contribution < -0.4 is 0 Å². The van der Waals surface area contributed by atoms with Crippen LogP contribution in [0, 0.1) is 6.92 Å². The van der Waals surface area contributed by atoms with Gasteiger partial charge in [-0.2, -0.15) is 0 Å². The van der Waals surface area contributed by atoms with E-state index in [9.17, 15) is 25.2 Å². The molecule has 0 radical (unpaired) electrons. The van der Waals surface area contributed by atoms with Crippen molar-refractivity contribution in [3.63, 3.8) is 0 Å². The zero-order valence-corrected chi connectivity index (χ0v) is 11.1. The molecule has 20 heavy (non-hydrogen) atoms. The van der Waals surface area contributed by atoms with Gasteiger partial charge in [0, 0.05) is 6.07 Å². The van der Waals surface area contributed by atoms with Gasteiger partial charge in [0.2, 0.25) is 0 Å². The average molecular weight is 286 g/mol. The summed E-state index contributed by atoms with van der Waals surface area (Å²) in [6.45, 7) is 2.24. The van der Waals surface area contributed by atoms with Gasteiger partial charge in [-0.05, 0) is 25.5 Å². The molecule has 0 aromatic heterocycles. The molecule has 1 aromatic carbocycles. The highest BCUT2D eigenvalue weighted by Gasteiger charge is 2.24. The van der Waals surface area contributed by atoms with Gasteiger partial charge >= 0.3 is 5.97 Å². The van der Waals surface area contributed by atoms with E-state index in [1.165, 1.54) is 19.9 Å². The molecule has 1 aromatic rings. The minimum atomic E-state index is -1.45. The molecule has 7 heteroatoms. The van der Waals surface area contributed by atoms with Gasteiger partial charge in [0.15, 0.2) is 0 Å². The SMILES string of the molecule is Cc1cc(O)cc(O)c1C(=O)OC[C@H](O)[C@@H](O)[C@H](C)O. The number of carbonyl (C=O) groups is 1. The second-order valence-corrected chi connectivity index (χ2v) is 4.55. The molecule has 0 fully saturated rings. The monoisotopic (exact) mass is 286 g/mol. The molecule has 0 heterocycles. The normalized spacial score (nSPS) is 15.4. The van der Waals surface area contributed by atoms with Crippen LogP contribution in [0.1, 0.15) is 22.8 Å². The zero-order chi connectivity index (χ0) is 15.4. The predicted octanol–water partition coefficient (Wildman–Crippen LogP) is -0.334. The third kappa shape index (κ3) is 3.83. The number of ether oxygens (including phenoxy) is 1. The number of aryl methyl sites for hydroxylation is 1. The fourth-order valence-electron chi connectivity index (χ4n) is 1.67. The summed E-state index contributed by atoms with van der Waals surface area (Å²) < 4.78 is 4.76. The highest BCUT2D eigenvalue weighted by Crippen LogP contribution is 2.27. The Labute approximate surface area is 115 Å². The quantitative estimate of drug-likeness (QED) is 0.469. The van der Waals surface area contributed by atoms with Gasteiger partial charge in [0.25, 0.3) is 0 Å². The van der Waals surface area contributed by atoms with Crippen molar-refractivity contribution in [2.75, 3.05) is 6.61 Å². The smallest absolute Gasteiger partial charge is 0.342 e. The fraction of sp³-hybridized carbons (Fsp3) is 0.462. The molecule has 0 saturated heterocycles. The molecule has 7 nitrogen and oxygen atoms in total. The van der Waals surface area contributed by atoms with E-state index in [0.717, 1.165) is 6.07 Å². The summed E-state index contributed by atoms with van der Waals surface area (Å²) in [5, 5.41) is 46.7. The summed E-state index contributed by atoms with van der Waals surface area (Å²) in [4.78, 5) is 11.8. The maximum absolute atomic E-state index is 11.8. The Morgan fingerprint density at radius 3 is 2.35 bits per heavy atom. The van der Waals surface area contributed by atoms with Gasteiger partial charge in [-0.25, -0.2) is 4.79 Å². The number of carbonyl (C=O) groups excluding carboxylic acids is 1. The first-order valence-electron chi connectivity index (χ1n) is 5.98.